The second-order valence-electron chi connectivity index (χ2n) is 7.97. The summed E-state index contributed by atoms with van der Waals surface area (Å²) in [5.74, 6) is -0.621. The molecule has 0 radical (unpaired) electrons. The minimum Gasteiger partial charge on any atom is -0.399 e. The van der Waals surface area contributed by atoms with Gasteiger partial charge >= 0.3 is 7.12 Å². The molecule has 0 saturated carbocycles. The van der Waals surface area contributed by atoms with Crippen molar-refractivity contribution in [2.24, 2.45) is 0 Å². The number of benzene rings is 1. The second-order valence-corrected chi connectivity index (χ2v) is 7.97. The number of nitrogens with one attached hydrogen (secondary N) is 1. The summed E-state index contributed by atoms with van der Waals surface area (Å²) in [6.07, 6.45) is 0. The van der Waals surface area contributed by atoms with Gasteiger partial charge in [0, 0.05) is 31.2 Å². The van der Waals surface area contributed by atoms with Gasteiger partial charge in [0.2, 0.25) is 0 Å². The van der Waals surface area contributed by atoms with E-state index in [9.17, 15) is 9.18 Å². The van der Waals surface area contributed by atoms with Crippen LogP contribution in [0, 0.1) is 5.82 Å². The van der Waals surface area contributed by atoms with E-state index in [0.717, 1.165) is 6.54 Å². The number of rotatable bonds is 2. The molecular formula is C18H27BClFN2O3. The van der Waals surface area contributed by atoms with E-state index >= 15 is 0 Å². The van der Waals surface area contributed by atoms with Gasteiger partial charge in [-0.15, -0.1) is 12.4 Å². The molecule has 3 rings (SSSR count). The van der Waals surface area contributed by atoms with Gasteiger partial charge in [0.25, 0.3) is 5.91 Å². The Kier molecular flexibility index (Phi) is 6.08. The zero-order chi connectivity index (χ0) is 18.4. The summed E-state index contributed by atoms with van der Waals surface area (Å²) >= 11 is 0. The molecule has 1 amide bonds. The van der Waals surface area contributed by atoms with Crippen LogP contribution in [0.4, 0.5) is 4.39 Å². The highest BCUT2D eigenvalue weighted by Crippen LogP contribution is 2.36. The average molecular weight is 385 g/mol. The van der Waals surface area contributed by atoms with Crippen LogP contribution in [0.3, 0.4) is 0 Å². The quantitative estimate of drug-likeness (QED) is 0.792. The van der Waals surface area contributed by atoms with Gasteiger partial charge in [-0.2, -0.15) is 0 Å². The highest BCUT2D eigenvalue weighted by molar-refractivity contribution is 6.62. The van der Waals surface area contributed by atoms with Crippen LogP contribution in [0.1, 0.15) is 45.0 Å². The van der Waals surface area contributed by atoms with E-state index in [2.05, 4.69) is 5.32 Å². The lowest BCUT2D eigenvalue weighted by Crippen LogP contribution is -2.51. The Bertz CT molecular complexity index is 670. The molecule has 2 aliphatic heterocycles. The number of halogens is 2. The fraction of sp³-hybridized carbons (Fsp3) is 0.611. The van der Waals surface area contributed by atoms with Crippen LogP contribution < -0.4 is 10.8 Å². The maximum absolute atomic E-state index is 14.2. The number of hydrogen-bond acceptors (Lipinski definition) is 4. The lowest BCUT2D eigenvalue weighted by Gasteiger charge is -2.32. The van der Waals surface area contributed by atoms with Gasteiger partial charge in [-0.1, -0.05) is 0 Å². The molecule has 1 atom stereocenters. The van der Waals surface area contributed by atoms with Gasteiger partial charge in [0.05, 0.1) is 11.2 Å². The van der Waals surface area contributed by atoms with E-state index in [0.29, 0.717) is 24.1 Å². The summed E-state index contributed by atoms with van der Waals surface area (Å²) < 4.78 is 26.1. The smallest absolute Gasteiger partial charge is 0.399 e. The van der Waals surface area contributed by atoms with Crippen molar-refractivity contribution in [3.05, 3.63) is 29.6 Å². The SMILES string of the molecule is C[C@@H]1CN(C(=O)c2cc(F)cc(B3OC(C)(C)C(C)(C)O3)c2)CCN1.Cl. The molecule has 2 fully saturated rings. The van der Waals surface area contributed by atoms with E-state index in [-0.39, 0.29) is 24.4 Å². The Hall–Kier alpha value is -1.15. The Labute approximate surface area is 161 Å². The lowest BCUT2D eigenvalue weighted by molar-refractivity contribution is 0.00578. The molecule has 1 N–H and O–H groups in total. The van der Waals surface area contributed by atoms with Gasteiger partial charge in [-0.3, -0.25) is 4.79 Å². The molecule has 2 heterocycles. The molecule has 1 aromatic rings. The summed E-state index contributed by atoms with van der Waals surface area (Å²) in [7, 11) is -0.686. The molecule has 144 valence electrons. The Balaban J connectivity index is 0.00000243. The first kappa shape index (κ1) is 21.2. The predicted octanol–water partition coefficient (Wildman–Crippen LogP) is 1.98. The summed E-state index contributed by atoms with van der Waals surface area (Å²) in [6, 6.07) is 4.57. The largest absolute Gasteiger partial charge is 0.494 e. The van der Waals surface area contributed by atoms with Crippen molar-refractivity contribution in [3.8, 4) is 0 Å². The van der Waals surface area contributed by atoms with Crippen molar-refractivity contribution in [1.29, 1.82) is 0 Å². The average Bonchev–Trinajstić information content (AvgIpc) is 2.74. The molecule has 0 bridgehead atoms. The number of amides is 1. The normalized spacial score (nSPS) is 24.3. The molecular weight excluding hydrogens is 357 g/mol. The zero-order valence-corrected chi connectivity index (χ0v) is 16.8. The standard InChI is InChI=1S/C18H26BFN2O3.ClH/c1-12-11-22(7-6-21-12)16(23)13-8-14(10-15(20)9-13)19-24-17(2,3)18(4,5)25-19;/h8-10,12,21H,6-7,11H2,1-5H3;1H/t12-;/m1./s1. The molecule has 0 aromatic heterocycles. The van der Waals surface area contributed by atoms with E-state index in [1.165, 1.54) is 12.1 Å². The Morgan fingerprint density at radius 2 is 1.85 bits per heavy atom. The van der Waals surface area contributed by atoms with Crippen LogP contribution in [0.25, 0.3) is 0 Å². The molecule has 2 aliphatic rings. The highest BCUT2D eigenvalue weighted by Gasteiger charge is 2.51. The number of carbonyl (C=O) groups excluding carboxylic acids is 1. The van der Waals surface area contributed by atoms with Gasteiger partial charge in [-0.05, 0) is 58.3 Å². The van der Waals surface area contributed by atoms with Crippen LogP contribution >= 0.6 is 12.4 Å². The second kappa shape index (κ2) is 7.47. The lowest BCUT2D eigenvalue weighted by atomic mass is 9.78. The maximum atomic E-state index is 14.2. The molecule has 8 heteroatoms. The third kappa shape index (κ3) is 4.06. The van der Waals surface area contributed by atoms with Gasteiger partial charge in [0.15, 0.2) is 0 Å². The molecule has 26 heavy (non-hydrogen) atoms. The topological polar surface area (TPSA) is 50.8 Å². The Morgan fingerprint density at radius 1 is 1.23 bits per heavy atom. The van der Waals surface area contributed by atoms with Crippen molar-refractivity contribution in [3.63, 3.8) is 0 Å². The summed E-state index contributed by atoms with van der Waals surface area (Å²) in [5, 5.41) is 3.30. The molecule has 5 nitrogen and oxygen atoms in total. The van der Waals surface area contributed by atoms with E-state index in [1.54, 1.807) is 11.0 Å². The number of piperazine rings is 1. The molecule has 0 aliphatic carbocycles. The predicted molar refractivity (Wildman–Crippen MR) is 103 cm³/mol. The summed E-state index contributed by atoms with van der Waals surface area (Å²) in [5.41, 5.74) is -0.159. The molecule has 1 aromatic carbocycles. The van der Waals surface area contributed by atoms with Crippen LogP contribution in [0.2, 0.25) is 0 Å². The van der Waals surface area contributed by atoms with Crippen LogP contribution in [-0.4, -0.2) is 54.8 Å². The van der Waals surface area contributed by atoms with Crippen LogP contribution in [0.5, 0.6) is 0 Å². The van der Waals surface area contributed by atoms with Crippen molar-refractivity contribution in [2.45, 2.75) is 51.9 Å². The van der Waals surface area contributed by atoms with Crippen molar-refractivity contribution in [1.82, 2.24) is 10.2 Å². The first-order chi connectivity index (χ1) is 11.6. The van der Waals surface area contributed by atoms with Gasteiger partial charge < -0.3 is 19.5 Å². The van der Waals surface area contributed by atoms with Crippen LogP contribution in [-0.2, 0) is 9.31 Å². The van der Waals surface area contributed by atoms with E-state index in [4.69, 9.17) is 9.31 Å². The Morgan fingerprint density at radius 3 is 2.42 bits per heavy atom. The molecule has 0 spiro atoms. The van der Waals surface area contributed by atoms with Crippen LogP contribution in [0.15, 0.2) is 18.2 Å². The first-order valence-corrected chi connectivity index (χ1v) is 8.78. The third-order valence-corrected chi connectivity index (χ3v) is 5.35. The fourth-order valence-electron chi connectivity index (χ4n) is 3.15. The highest BCUT2D eigenvalue weighted by atomic mass is 35.5. The van der Waals surface area contributed by atoms with Gasteiger partial charge in [0.1, 0.15) is 5.82 Å². The number of carbonyl (C=O) groups is 1. The molecule has 0 unspecified atom stereocenters. The third-order valence-electron chi connectivity index (χ3n) is 5.35. The molecule has 2 saturated heterocycles. The van der Waals surface area contributed by atoms with E-state index in [1.807, 2.05) is 34.6 Å². The van der Waals surface area contributed by atoms with Crippen molar-refractivity contribution in [2.75, 3.05) is 19.6 Å². The van der Waals surface area contributed by atoms with E-state index < -0.39 is 24.1 Å². The minimum absolute atomic E-state index is 0. The maximum Gasteiger partial charge on any atom is 0.494 e. The number of nitrogens with zero attached hydrogens (tertiary/aromatic N) is 1. The minimum atomic E-state index is -0.686. The monoisotopic (exact) mass is 384 g/mol. The summed E-state index contributed by atoms with van der Waals surface area (Å²) in [4.78, 5) is 14.5. The van der Waals surface area contributed by atoms with Crippen molar-refractivity contribution < 1.29 is 18.5 Å². The first-order valence-electron chi connectivity index (χ1n) is 8.78. The van der Waals surface area contributed by atoms with Gasteiger partial charge in [-0.25, -0.2) is 4.39 Å². The zero-order valence-electron chi connectivity index (χ0n) is 16.0. The fourth-order valence-corrected chi connectivity index (χ4v) is 3.15. The number of hydrogen-bond donors (Lipinski definition) is 1. The van der Waals surface area contributed by atoms with Crippen molar-refractivity contribution >= 4 is 30.9 Å². The summed E-state index contributed by atoms with van der Waals surface area (Å²) in [6.45, 7) is 11.8.